The molecule has 0 saturated carbocycles. The van der Waals surface area contributed by atoms with Crippen molar-refractivity contribution in [2.75, 3.05) is 26.6 Å². The van der Waals surface area contributed by atoms with Gasteiger partial charge in [-0.3, -0.25) is 0 Å². The van der Waals surface area contributed by atoms with Gasteiger partial charge in [-0.2, -0.15) is 0 Å². The van der Waals surface area contributed by atoms with E-state index in [1.54, 1.807) is 33.5 Å². The van der Waals surface area contributed by atoms with Crippen LogP contribution in [0.3, 0.4) is 0 Å². The summed E-state index contributed by atoms with van der Waals surface area (Å²) in [5.74, 6) is 1.79. The second-order valence-electron chi connectivity index (χ2n) is 4.68. The van der Waals surface area contributed by atoms with Crippen LogP contribution in [0.1, 0.15) is 5.56 Å². The number of methoxy groups -OCH3 is 3. The zero-order valence-electron chi connectivity index (χ0n) is 13.4. The summed E-state index contributed by atoms with van der Waals surface area (Å²) in [6.45, 7) is 0.259. The predicted octanol–water partition coefficient (Wildman–Crippen LogP) is 3.03. The highest BCUT2D eigenvalue weighted by atomic mass is 16.5. The van der Waals surface area contributed by atoms with E-state index in [1.165, 1.54) is 0 Å². The van der Waals surface area contributed by atoms with Crippen LogP contribution in [0.4, 0.5) is 10.5 Å². The summed E-state index contributed by atoms with van der Waals surface area (Å²) in [5.41, 5.74) is 1.46. The Morgan fingerprint density at radius 3 is 2.09 bits per heavy atom. The first-order valence-electron chi connectivity index (χ1n) is 7.06. The Hall–Kier alpha value is -2.89. The maximum absolute atomic E-state index is 12.0. The zero-order valence-corrected chi connectivity index (χ0v) is 13.4. The van der Waals surface area contributed by atoms with Crippen molar-refractivity contribution in [2.45, 2.75) is 6.54 Å². The lowest BCUT2D eigenvalue weighted by molar-refractivity contribution is 0.251. The minimum atomic E-state index is -0.309. The summed E-state index contributed by atoms with van der Waals surface area (Å²) < 4.78 is 15.9. The number of hydrogen-bond acceptors (Lipinski definition) is 4. The van der Waals surface area contributed by atoms with Crippen molar-refractivity contribution in [3.05, 3.63) is 48.0 Å². The van der Waals surface area contributed by atoms with Gasteiger partial charge in [0, 0.05) is 17.8 Å². The van der Waals surface area contributed by atoms with Gasteiger partial charge in [-0.15, -0.1) is 0 Å². The van der Waals surface area contributed by atoms with Gasteiger partial charge in [0.25, 0.3) is 0 Å². The Labute approximate surface area is 135 Å². The number of anilines is 1. The average molecular weight is 316 g/mol. The maximum Gasteiger partial charge on any atom is 0.319 e. The molecular formula is C17H20N2O4. The second kappa shape index (κ2) is 7.93. The third kappa shape index (κ3) is 4.29. The number of hydrogen-bond donors (Lipinski definition) is 2. The van der Waals surface area contributed by atoms with Crippen LogP contribution in [-0.2, 0) is 6.54 Å². The van der Waals surface area contributed by atoms with E-state index >= 15 is 0 Å². The molecule has 0 atom stereocenters. The van der Waals surface area contributed by atoms with Crippen LogP contribution in [-0.4, -0.2) is 27.4 Å². The van der Waals surface area contributed by atoms with Gasteiger partial charge in [0.15, 0.2) is 0 Å². The van der Waals surface area contributed by atoms with Crippen LogP contribution >= 0.6 is 0 Å². The molecule has 0 aliphatic heterocycles. The average Bonchev–Trinajstić information content (AvgIpc) is 2.59. The van der Waals surface area contributed by atoms with Gasteiger partial charge < -0.3 is 24.8 Å². The number of ether oxygens (including phenoxy) is 3. The molecule has 2 N–H and O–H groups in total. The molecule has 0 fully saturated rings. The van der Waals surface area contributed by atoms with Crippen LogP contribution in [0.2, 0.25) is 0 Å². The normalized spacial score (nSPS) is 9.87. The Kier molecular flexibility index (Phi) is 5.68. The van der Waals surface area contributed by atoms with Gasteiger partial charge in [0.2, 0.25) is 0 Å². The minimum Gasteiger partial charge on any atom is -0.496 e. The molecule has 2 aromatic rings. The number of carbonyl (C=O) groups is 1. The molecule has 6 heteroatoms. The maximum atomic E-state index is 12.0. The van der Waals surface area contributed by atoms with E-state index < -0.39 is 0 Å². The number of carbonyl (C=O) groups excluding carboxylic acids is 1. The lowest BCUT2D eigenvalue weighted by atomic mass is 10.1. The number of rotatable bonds is 6. The van der Waals surface area contributed by atoms with Crippen molar-refractivity contribution in [3.8, 4) is 17.2 Å². The van der Waals surface area contributed by atoms with Crippen LogP contribution < -0.4 is 24.8 Å². The largest absolute Gasteiger partial charge is 0.496 e. The smallest absolute Gasteiger partial charge is 0.319 e. The Bertz CT molecular complexity index is 634. The lowest BCUT2D eigenvalue weighted by Crippen LogP contribution is -2.28. The van der Waals surface area contributed by atoms with Crippen molar-refractivity contribution in [3.63, 3.8) is 0 Å². The molecule has 0 bridgehead atoms. The minimum absolute atomic E-state index is 0.259. The summed E-state index contributed by atoms with van der Waals surface area (Å²) in [6, 6.07) is 12.4. The number of benzene rings is 2. The molecule has 6 nitrogen and oxygen atoms in total. The highest BCUT2D eigenvalue weighted by Crippen LogP contribution is 2.33. The molecule has 0 spiro atoms. The lowest BCUT2D eigenvalue weighted by Gasteiger charge is -2.15. The fourth-order valence-corrected chi connectivity index (χ4v) is 2.12. The summed E-state index contributed by atoms with van der Waals surface area (Å²) >= 11 is 0. The fourth-order valence-electron chi connectivity index (χ4n) is 2.12. The standard InChI is InChI=1S/C17H20N2O4/c1-21-13-9-15(22-2)14(16(10-13)23-3)11-18-17(20)19-12-7-5-4-6-8-12/h4-10H,11H2,1-3H3,(H2,18,19,20). The van der Waals surface area contributed by atoms with E-state index in [4.69, 9.17) is 14.2 Å². The Morgan fingerprint density at radius 2 is 1.57 bits per heavy atom. The molecule has 0 aliphatic carbocycles. The highest BCUT2D eigenvalue weighted by molar-refractivity contribution is 5.89. The monoisotopic (exact) mass is 316 g/mol. The van der Waals surface area contributed by atoms with Crippen molar-refractivity contribution >= 4 is 11.7 Å². The molecular weight excluding hydrogens is 296 g/mol. The molecule has 0 heterocycles. The first kappa shape index (κ1) is 16.5. The van der Waals surface area contributed by atoms with Crippen LogP contribution in [0.15, 0.2) is 42.5 Å². The molecule has 0 unspecified atom stereocenters. The SMILES string of the molecule is COc1cc(OC)c(CNC(=O)Nc2ccccc2)c(OC)c1. The third-order valence-corrected chi connectivity index (χ3v) is 3.27. The van der Waals surface area contributed by atoms with Crippen molar-refractivity contribution in [2.24, 2.45) is 0 Å². The number of para-hydroxylation sites is 1. The van der Waals surface area contributed by atoms with Crippen molar-refractivity contribution in [1.29, 1.82) is 0 Å². The van der Waals surface area contributed by atoms with Gasteiger partial charge in [-0.1, -0.05) is 18.2 Å². The molecule has 2 amide bonds. The Morgan fingerprint density at radius 1 is 0.957 bits per heavy atom. The molecule has 23 heavy (non-hydrogen) atoms. The molecule has 0 saturated heterocycles. The zero-order chi connectivity index (χ0) is 16.7. The summed E-state index contributed by atoms with van der Waals surface area (Å²) in [5, 5.41) is 5.54. The number of urea groups is 1. The van der Waals surface area contributed by atoms with Crippen LogP contribution in [0, 0.1) is 0 Å². The van der Waals surface area contributed by atoms with Gasteiger partial charge >= 0.3 is 6.03 Å². The molecule has 122 valence electrons. The van der Waals surface area contributed by atoms with E-state index in [9.17, 15) is 4.79 Å². The fraction of sp³-hybridized carbons (Fsp3) is 0.235. The first-order valence-corrected chi connectivity index (χ1v) is 7.06. The topological polar surface area (TPSA) is 68.8 Å². The first-order chi connectivity index (χ1) is 11.2. The molecule has 0 aliphatic rings. The molecule has 2 aromatic carbocycles. The van der Waals surface area contributed by atoms with Crippen LogP contribution in [0.25, 0.3) is 0 Å². The molecule has 0 radical (unpaired) electrons. The third-order valence-electron chi connectivity index (χ3n) is 3.27. The van der Waals surface area contributed by atoms with E-state index in [0.29, 0.717) is 17.2 Å². The summed E-state index contributed by atoms with van der Waals surface area (Å²) in [7, 11) is 4.68. The predicted molar refractivity (Wildman–Crippen MR) is 88.4 cm³/mol. The van der Waals surface area contributed by atoms with Crippen molar-refractivity contribution < 1.29 is 19.0 Å². The number of nitrogens with one attached hydrogen (secondary N) is 2. The van der Waals surface area contributed by atoms with Gasteiger partial charge in [0.1, 0.15) is 17.2 Å². The van der Waals surface area contributed by atoms with Gasteiger partial charge in [0.05, 0.1) is 33.4 Å². The van der Waals surface area contributed by atoms with Gasteiger partial charge in [-0.05, 0) is 12.1 Å². The van der Waals surface area contributed by atoms with E-state index in [-0.39, 0.29) is 12.6 Å². The summed E-state index contributed by atoms with van der Waals surface area (Å²) in [6.07, 6.45) is 0. The molecule has 0 aromatic heterocycles. The van der Waals surface area contributed by atoms with Crippen molar-refractivity contribution in [1.82, 2.24) is 5.32 Å². The molecule has 2 rings (SSSR count). The highest BCUT2D eigenvalue weighted by Gasteiger charge is 2.14. The van der Waals surface area contributed by atoms with Gasteiger partial charge in [-0.25, -0.2) is 4.79 Å². The van der Waals surface area contributed by atoms with E-state index in [2.05, 4.69) is 10.6 Å². The van der Waals surface area contributed by atoms with Crippen LogP contribution in [0.5, 0.6) is 17.2 Å². The summed E-state index contributed by atoms with van der Waals surface area (Å²) in [4.78, 5) is 12.0. The number of amides is 2. The quantitative estimate of drug-likeness (QED) is 0.859. The van der Waals surface area contributed by atoms with E-state index in [1.807, 2.05) is 30.3 Å². The van der Waals surface area contributed by atoms with E-state index in [0.717, 1.165) is 11.3 Å². The Balaban J connectivity index is 2.08. The second-order valence-corrected chi connectivity index (χ2v) is 4.68.